The molecule has 1 fully saturated rings. The van der Waals surface area contributed by atoms with Gasteiger partial charge in [0.2, 0.25) is 0 Å². The zero-order valence-electron chi connectivity index (χ0n) is 17.6. The molecule has 7 nitrogen and oxygen atoms in total. The van der Waals surface area contributed by atoms with Crippen molar-refractivity contribution in [2.75, 3.05) is 19.6 Å². The van der Waals surface area contributed by atoms with Crippen molar-refractivity contribution in [2.24, 2.45) is 11.1 Å². The first-order valence-electron chi connectivity index (χ1n) is 10.5. The van der Waals surface area contributed by atoms with Gasteiger partial charge in [-0.2, -0.15) is 0 Å². The molecule has 3 heterocycles. The fourth-order valence-corrected chi connectivity index (χ4v) is 4.35. The van der Waals surface area contributed by atoms with Gasteiger partial charge in [-0.05, 0) is 63.5 Å². The van der Waals surface area contributed by atoms with Gasteiger partial charge in [0.15, 0.2) is 11.4 Å². The molecule has 2 N–H and O–H groups in total. The van der Waals surface area contributed by atoms with Crippen LogP contribution in [0.15, 0.2) is 46.5 Å². The monoisotopic (exact) mass is 442 g/mol. The Morgan fingerprint density at radius 1 is 1.22 bits per heavy atom. The largest absolute Gasteiger partial charge is 0.504 e. The molecule has 0 atom stereocenters. The van der Waals surface area contributed by atoms with Gasteiger partial charge in [-0.15, -0.1) is 0 Å². The molecule has 0 aliphatic carbocycles. The molecule has 4 rings (SSSR count). The second-order valence-corrected chi connectivity index (χ2v) is 8.08. The summed E-state index contributed by atoms with van der Waals surface area (Å²) in [7, 11) is 0. The van der Waals surface area contributed by atoms with E-state index in [2.05, 4.69) is 15.0 Å². The molecule has 0 saturated carbocycles. The Morgan fingerprint density at radius 3 is 2.56 bits per heavy atom. The Bertz CT molecular complexity index is 1210. The Balaban J connectivity index is 1.42. The van der Waals surface area contributed by atoms with Gasteiger partial charge >= 0.3 is 0 Å². The zero-order valence-corrected chi connectivity index (χ0v) is 17.6. The minimum Gasteiger partial charge on any atom is -0.504 e. The van der Waals surface area contributed by atoms with Gasteiger partial charge in [0.05, 0.1) is 5.71 Å². The number of fused-ring (bicyclic) bond motifs is 1. The molecule has 1 aliphatic heterocycles. The summed E-state index contributed by atoms with van der Waals surface area (Å²) in [5, 5.41) is 22.7. The fourth-order valence-electron chi connectivity index (χ4n) is 4.35. The van der Waals surface area contributed by atoms with Crippen LogP contribution in [0.4, 0.5) is 8.78 Å². The van der Waals surface area contributed by atoms with E-state index in [-0.39, 0.29) is 34.1 Å². The lowest BCUT2D eigenvalue weighted by Crippen LogP contribution is -2.38. The Kier molecular flexibility index (Phi) is 6.18. The highest BCUT2D eigenvalue weighted by Crippen LogP contribution is 2.24. The molecule has 3 aromatic rings. The van der Waals surface area contributed by atoms with Crippen molar-refractivity contribution in [1.82, 2.24) is 14.3 Å². The normalized spacial score (nSPS) is 16.0. The standard InChI is InChI=1S/C23H24F2N4O3/c1-14-19(23(31)29-7-2-3-20(30)22(29)26-14)6-10-28-8-4-15(5-9-28)21(27-32)16-11-17(24)13-18(25)12-16/h2-3,7,11-13,15,30,32H,4-6,8-10H2,1H3/b27-21-. The summed E-state index contributed by atoms with van der Waals surface area (Å²) in [6.45, 7) is 3.81. The number of piperidine rings is 1. The van der Waals surface area contributed by atoms with Gasteiger partial charge in [0, 0.05) is 41.5 Å². The predicted octanol–water partition coefficient (Wildman–Crippen LogP) is 3.12. The van der Waals surface area contributed by atoms with Crippen molar-refractivity contribution in [3.8, 4) is 5.75 Å². The van der Waals surface area contributed by atoms with E-state index in [1.807, 2.05) is 0 Å². The van der Waals surface area contributed by atoms with Crippen molar-refractivity contribution in [1.29, 1.82) is 0 Å². The van der Waals surface area contributed by atoms with Crippen LogP contribution in [0.25, 0.3) is 5.65 Å². The van der Waals surface area contributed by atoms with Gasteiger partial charge < -0.3 is 15.2 Å². The van der Waals surface area contributed by atoms with E-state index >= 15 is 0 Å². The van der Waals surface area contributed by atoms with Crippen LogP contribution in [0.3, 0.4) is 0 Å². The quantitative estimate of drug-likeness (QED) is 0.360. The van der Waals surface area contributed by atoms with Crippen molar-refractivity contribution < 1.29 is 19.1 Å². The number of aromatic nitrogens is 2. The molecule has 1 aromatic carbocycles. The Hall–Kier alpha value is -3.33. The van der Waals surface area contributed by atoms with E-state index < -0.39 is 11.6 Å². The van der Waals surface area contributed by atoms with Gasteiger partial charge in [-0.1, -0.05) is 5.16 Å². The molecule has 0 unspecified atom stereocenters. The predicted molar refractivity (Wildman–Crippen MR) is 115 cm³/mol. The van der Waals surface area contributed by atoms with Crippen molar-refractivity contribution in [3.63, 3.8) is 0 Å². The van der Waals surface area contributed by atoms with Crippen LogP contribution in [0.2, 0.25) is 0 Å². The van der Waals surface area contributed by atoms with Crippen molar-refractivity contribution in [3.05, 3.63) is 75.3 Å². The fraction of sp³-hybridized carbons (Fsp3) is 0.348. The summed E-state index contributed by atoms with van der Waals surface area (Å²) in [6.07, 6.45) is 3.43. The Labute approximate surface area is 183 Å². The summed E-state index contributed by atoms with van der Waals surface area (Å²) in [4.78, 5) is 19.4. The van der Waals surface area contributed by atoms with E-state index in [4.69, 9.17) is 0 Å². The van der Waals surface area contributed by atoms with Crippen LogP contribution in [-0.2, 0) is 6.42 Å². The Morgan fingerprint density at radius 2 is 1.91 bits per heavy atom. The minimum atomic E-state index is -0.711. The average Bonchev–Trinajstić information content (AvgIpc) is 2.75. The van der Waals surface area contributed by atoms with Crippen LogP contribution in [0.5, 0.6) is 5.75 Å². The zero-order chi connectivity index (χ0) is 22.8. The number of oxime groups is 1. The summed E-state index contributed by atoms with van der Waals surface area (Å²) >= 11 is 0. The van der Waals surface area contributed by atoms with Gasteiger partial charge in [0.25, 0.3) is 5.56 Å². The number of nitrogens with zero attached hydrogens (tertiary/aromatic N) is 4. The topological polar surface area (TPSA) is 90.4 Å². The highest BCUT2D eigenvalue weighted by Gasteiger charge is 2.26. The molecule has 0 radical (unpaired) electrons. The van der Waals surface area contributed by atoms with Crippen LogP contribution >= 0.6 is 0 Å². The smallest absolute Gasteiger partial charge is 0.261 e. The van der Waals surface area contributed by atoms with Crippen molar-refractivity contribution >= 4 is 11.4 Å². The number of benzene rings is 1. The van der Waals surface area contributed by atoms with Gasteiger partial charge in [-0.25, -0.2) is 13.8 Å². The van der Waals surface area contributed by atoms with E-state index in [0.717, 1.165) is 6.07 Å². The highest BCUT2D eigenvalue weighted by atomic mass is 19.1. The maximum absolute atomic E-state index is 13.6. The molecule has 32 heavy (non-hydrogen) atoms. The first-order valence-corrected chi connectivity index (χ1v) is 10.5. The highest BCUT2D eigenvalue weighted by molar-refractivity contribution is 6.02. The lowest BCUT2D eigenvalue weighted by atomic mass is 9.88. The summed E-state index contributed by atoms with van der Waals surface area (Å²) in [6, 6.07) is 6.22. The summed E-state index contributed by atoms with van der Waals surface area (Å²) in [5.74, 6) is -1.58. The number of aromatic hydroxyl groups is 1. The molecule has 0 spiro atoms. The lowest BCUT2D eigenvalue weighted by Gasteiger charge is -2.32. The number of pyridine rings is 1. The van der Waals surface area contributed by atoms with Crippen LogP contribution < -0.4 is 5.56 Å². The maximum Gasteiger partial charge on any atom is 0.261 e. The molecule has 0 bridgehead atoms. The third-order valence-electron chi connectivity index (χ3n) is 6.05. The molecular weight excluding hydrogens is 418 g/mol. The van der Waals surface area contributed by atoms with E-state index in [0.29, 0.717) is 50.2 Å². The molecule has 1 aliphatic rings. The van der Waals surface area contributed by atoms with Crippen molar-refractivity contribution in [2.45, 2.75) is 26.2 Å². The first-order chi connectivity index (χ1) is 15.4. The number of aryl methyl sites for hydroxylation is 1. The summed E-state index contributed by atoms with van der Waals surface area (Å²) in [5.41, 5.74) is 1.77. The number of hydrogen-bond donors (Lipinski definition) is 2. The second-order valence-electron chi connectivity index (χ2n) is 8.08. The average molecular weight is 442 g/mol. The van der Waals surface area contributed by atoms with E-state index in [1.165, 1.54) is 22.6 Å². The second kappa shape index (κ2) is 9.04. The SMILES string of the molecule is Cc1nc2c(O)cccn2c(=O)c1CCN1CCC(/C(=N/O)c2cc(F)cc(F)c2)CC1. The summed E-state index contributed by atoms with van der Waals surface area (Å²) < 4.78 is 28.5. The molecule has 2 aromatic heterocycles. The van der Waals surface area contributed by atoms with E-state index in [9.17, 15) is 23.9 Å². The number of likely N-dealkylation sites (tertiary alicyclic amines) is 1. The third-order valence-corrected chi connectivity index (χ3v) is 6.05. The maximum atomic E-state index is 13.6. The number of halogens is 2. The molecule has 1 saturated heterocycles. The van der Waals surface area contributed by atoms with E-state index in [1.54, 1.807) is 19.2 Å². The molecular formula is C23H24F2N4O3. The first kappa shape index (κ1) is 21.9. The molecule has 168 valence electrons. The number of rotatable bonds is 5. The third kappa shape index (κ3) is 4.34. The van der Waals surface area contributed by atoms with Crippen LogP contribution in [0, 0.1) is 24.5 Å². The minimum absolute atomic E-state index is 0.0409. The molecule has 0 amide bonds. The molecule has 9 heteroatoms. The van der Waals surface area contributed by atoms with Crippen LogP contribution in [-0.4, -0.2) is 49.9 Å². The number of hydrogen-bond acceptors (Lipinski definition) is 6. The van der Waals surface area contributed by atoms with Gasteiger partial charge in [0.1, 0.15) is 11.6 Å². The van der Waals surface area contributed by atoms with Gasteiger partial charge in [-0.3, -0.25) is 9.20 Å². The van der Waals surface area contributed by atoms with Crippen LogP contribution in [0.1, 0.15) is 29.7 Å². The lowest BCUT2D eigenvalue weighted by molar-refractivity contribution is 0.208.